The summed E-state index contributed by atoms with van der Waals surface area (Å²) in [5.74, 6) is -0.455. The first-order valence-electron chi connectivity index (χ1n) is 7.73. The molecule has 1 aliphatic rings. The van der Waals surface area contributed by atoms with E-state index in [0.717, 1.165) is 12.8 Å². The Morgan fingerprint density at radius 3 is 3.04 bits per heavy atom. The summed E-state index contributed by atoms with van der Waals surface area (Å²) < 4.78 is 7.22. The van der Waals surface area contributed by atoms with Crippen molar-refractivity contribution in [1.82, 2.24) is 9.55 Å². The van der Waals surface area contributed by atoms with Crippen LogP contribution in [0.15, 0.2) is 28.2 Å². The number of halogens is 1. The number of primary amides is 1. The van der Waals surface area contributed by atoms with E-state index in [9.17, 15) is 9.59 Å². The van der Waals surface area contributed by atoms with Gasteiger partial charge in [0.25, 0.3) is 5.56 Å². The number of amides is 1. The standard InChI is InChI=1S/C16H18ClN3O3S/c1-9(14(18)21)24-16-19-13-7-10(17)4-5-12(13)15(22)20(16)8-11-3-2-6-23-11/h4-5,7,9,11H,2-3,6,8H2,1H3,(H2,18,21)/t9-,11+/m0/s1. The molecule has 1 saturated heterocycles. The molecule has 2 heterocycles. The molecule has 2 N–H and O–H groups in total. The third kappa shape index (κ3) is 3.58. The van der Waals surface area contributed by atoms with Crippen LogP contribution < -0.4 is 11.3 Å². The molecule has 0 radical (unpaired) electrons. The first-order chi connectivity index (χ1) is 11.5. The maximum atomic E-state index is 12.9. The highest BCUT2D eigenvalue weighted by Crippen LogP contribution is 2.25. The third-order valence-corrected chi connectivity index (χ3v) is 5.32. The topological polar surface area (TPSA) is 87.2 Å². The van der Waals surface area contributed by atoms with Crippen LogP contribution >= 0.6 is 23.4 Å². The predicted octanol–water partition coefficient (Wildman–Crippen LogP) is 2.19. The van der Waals surface area contributed by atoms with Gasteiger partial charge in [-0.15, -0.1) is 0 Å². The van der Waals surface area contributed by atoms with Crippen molar-refractivity contribution in [3.8, 4) is 0 Å². The first kappa shape index (κ1) is 17.3. The lowest BCUT2D eigenvalue weighted by atomic mass is 10.2. The maximum absolute atomic E-state index is 12.9. The van der Waals surface area contributed by atoms with Crippen LogP contribution in [0.2, 0.25) is 5.02 Å². The summed E-state index contributed by atoms with van der Waals surface area (Å²) in [6.07, 6.45) is 1.87. The Kier molecular flexibility index (Phi) is 5.12. The fourth-order valence-corrected chi connectivity index (χ4v) is 3.67. The normalized spacial score (nSPS) is 18.8. The minimum Gasteiger partial charge on any atom is -0.376 e. The molecule has 0 saturated carbocycles. The molecule has 24 heavy (non-hydrogen) atoms. The fourth-order valence-electron chi connectivity index (χ4n) is 2.63. The molecule has 1 aromatic heterocycles. The number of aromatic nitrogens is 2. The molecule has 8 heteroatoms. The second-order valence-corrected chi connectivity index (χ2v) is 7.51. The smallest absolute Gasteiger partial charge is 0.262 e. The van der Waals surface area contributed by atoms with Gasteiger partial charge in [0.05, 0.1) is 28.8 Å². The summed E-state index contributed by atoms with van der Waals surface area (Å²) in [7, 11) is 0. The second kappa shape index (κ2) is 7.13. The Balaban J connectivity index is 2.09. The van der Waals surface area contributed by atoms with Gasteiger partial charge in [-0.05, 0) is 38.0 Å². The largest absolute Gasteiger partial charge is 0.376 e. The van der Waals surface area contributed by atoms with Gasteiger partial charge in [-0.2, -0.15) is 0 Å². The zero-order valence-electron chi connectivity index (χ0n) is 13.2. The number of hydrogen-bond acceptors (Lipinski definition) is 5. The van der Waals surface area contributed by atoms with Crippen LogP contribution in [0.3, 0.4) is 0 Å². The number of nitrogens with zero attached hydrogens (tertiary/aromatic N) is 2. The Morgan fingerprint density at radius 1 is 1.58 bits per heavy atom. The third-order valence-electron chi connectivity index (χ3n) is 3.98. The predicted molar refractivity (Wildman–Crippen MR) is 94.5 cm³/mol. The molecule has 1 amide bonds. The van der Waals surface area contributed by atoms with Crippen LogP contribution in [-0.2, 0) is 16.1 Å². The van der Waals surface area contributed by atoms with E-state index in [1.54, 1.807) is 29.7 Å². The summed E-state index contributed by atoms with van der Waals surface area (Å²) in [5, 5.41) is 0.958. The average molecular weight is 368 g/mol. The minimum absolute atomic E-state index is 0.0162. The van der Waals surface area contributed by atoms with Gasteiger partial charge in [0.1, 0.15) is 0 Å². The van der Waals surface area contributed by atoms with Gasteiger partial charge in [0.2, 0.25) is 5.91 Å². The van der Waals surface area contributed by atoms with E-state index in [4.69, 9.17) is 22.1 Å². The zero-order chi connectivity index (χ0) is 17.3. The molecule has 1 aliphatic heterocycles. The summed E-state index contributed by atoms with van der Waals surface area (Å²) >= 11 is 7.18. The molecular weight excluding hydrogens is 350 g/mol. The number of carbonyl (C=O) groups is 1. The van der Waals surface area contributed by atoms with Crippen LogP contribution in [0.4, 0.5) is 0 Å². The summed E-state index contributed by atoms with van der Waals surface area (Å²) in [6.45, 7) is 2.81. The molecular formula is C16H18ClN3O3S. The van der Waals surface area contributed by atoms with Crippen LogP contribution in [0.5, 0.6) is 0 Å². The Labute approximate surface area is 148 Å². The van der Waals surface area contributed by atoms with E-state index in [0.29, 0.717) is 34.2 Å². The molecule has 0 aliphatic carbocycles. The van der Waals surface area contributed by atoms with Crippen LogP contribution in [-0.4, -0.2) is 33.4 Å². The monoisotopic (exact) mass is 367 g/mol. The Hall–Kier alpha value is -1.57. The highest BCUT2D eigenvalue weighted by Gasteiger charge is 2.22. The number of ether oxygens (including phenoxy) is 1. The van der Waals surface area contributed by atoms with Crippen molar-refractivity contribution in [2.45, 2.75) is 42.8 Å². The van der Waals surface area contributed by atoms with Crippen molar-refractivity contribution in [2.24, 2.45) is 5.73 Å². The van der Waals surface area contributed by atoms with Crippen LogP contribution in [0.25, 0.3) is 10.9 Å². The van der Waals surface area contributed by atoms with E-state index in [2.05, 4.69) is 4.98 Å². The molecule has 1 fully saturated rings. The van der Waals surface area contributed by atoms with Crippen molar-refractivity contribution in [1.29, 1.82) is 0 Å². The van der Waals surface area contributed by atoms with Crippen molar-refractivity contribution in [3.63, 3.8) is 0 Å². The fraction of sp³-hybridized carbons (Fsp3) is 0.438. The van der Waals surface area contributed by atoms with E-state index in [-0.39, 0.29) is 11.7 Å². The van der Waals surface area contributed by atoms with Gasteiger partial charge < -0.3 is 10.5 Å². The summed E-state index contributed by atoms with van der Waals surface area (Å²) in [4.78, 5) is 28.8. The number of thioether (sulfide) groups is 1. The molecule has 0 bridgehead atoms. The van der Waals surface area contributed by atoms with Gasteiger partial charge in [0.15, 0.2) is 5.16 Å². The number of hydrogen-bond donors (Lipinski definition) is 1. The number of benzene rings is 1. The van der Waals surface area contributed by atoms with E-state index < -0.39 is 11.2 Å². The van der Waals surface area contributed by atoms with Crippen LogP contribution in [0, 0.1) is 0 Å². The SMILES string of the molecule is C[C@H](Sc1nc2cc(Cl)ccc2c(=O)n1C[C@H]1CCCO1)C(N)=O. The molecule has 2 aromatic rings. The van der Waals surface area contributed by atoms with Gasteiger partial charge >= 0.3 is 0 Å². The lowest BCUT2D eigenvalue weighted by molar-refractivity contribution is -0.117. The Bertz CT molecular complexity index is 833. The van der Waals surface area contributed by atoms with E-state index >= 15 is 0 Å². The van der Waals surface area contributed by atoms with Crippen molar-refractivity contribution in [3.05, 3.63) is 33.6 Å². The molecule has 6 nitrogen and oxygen atoms in total. The van der Waals surface area contributed by atoms with E-state index in [1.807, 2.05) is 0 Å². The van der Waals surface area contributed by atoms with Gasteiger partial charge in [-0.25, -0.2) is 4.98 Å². The first-order valence-corrected chi connectivity index (χ1v) is 8.99. The maximum Gasteiger partial charge on any atom is 0.262 e. The Morgan fingerprint density at radius 2 is 2.38 bits per heavy atom. The van der Waals surface area contributed by atoms with Gasteiger partial charge in [-0.3, -0.25) is 14.2 Å². The van der Waals surface area contributed by atoms with Crippen LogP contribution in [0.1, 0.15) is 19.8 Å². The number of rotatable bonds is 5. The highest BCUT2D eigenvalue weighted by molar-refractivity contribution is 8.00. The number of carbonyl (C=O) groups excluding carboxylic acids is 1. The molecule has 0 spiro atoms. The van der Waals surface area contributed by atoms with E-state index in [1.165, 1.54) is 11.8 Å². The molecule has 128 valence electrons. The minimum atomic E-state index is -0.496. The second-order valence-electron chi connectivity index (χ2n) is 5.77. The molecule has 1 aromatic carbocycles. The van der Waals surface area contributed by atoms with Gasteiger partial charge in [0, 0.05) is 11.6 Å². The summed E-state index contributed by atoms with van der Waals surface area (Å²) in [5.41, 5.74) is 5.70. The molecule has 3 rings (SSSR count). The lowest BCUT2D eigenvalue weighted by Crippen LogP contribution is -2.30. The van der Waals surface area contributed by atoms with Crippen molar-refractivity contribution in [2.75, 3.05) is 6.61 Å². The lowest BCUT2D eigenvalue weighted by Gasteiger charge is -2.17. The zero-order valence-corrected chi connectivity index (χ0v) is 14.8. The average Bonchev–Trinajstić information content (AvgIpc) is 3.03. The quantitative estimate of drug-likeness (QED) is 0.646. The number of nitrogens with two attached hydrogens (primary N) is 1. The summed E-state index contributed by atoms with van der Waals surface area (Å²) in [6, 6.07) is 4.99. The molecule has 0 unspecified atom stereocenters. The highest BCUT2D eigenvalue weighted by atomic mass is 35.5. The van der Waals surface area contributed by atoms with Gasteiger partial charge in [-0.1, -0.05) is 23.4 Å². The molecule has 2 atom stereocenters. The van der Waals surface area contributed by atoms with Crippen molar-refractivity contribution >= 4 is 40.2 Å². The number of fused-ring (bicyclic) bond motifs is 1. The van der Waals surface area contributed by atoms with Crippen molar-refractivity contribution < 1.29 is 9.53 Å².